The second kappa shape index (κ2) is 6.43. The highest BCUT2D eigenvalue weighted by atomic mass is 16.2. The van der Waals surface area contributed by atoms with Gasteiger partial charge >= 0.3 is 0 Å². The van der Waals surface area contributed by atoms with E-state index in [0.717, 1.165) is 18.5 Å². The second-order valence-corrected chi connectivity index (χ2v) is 5.24. The lowest BCUT2D eigenvalue weighted by Crippen LogP contribution is -2.37. The van der Waals surface area contributed by atoms with Crippen molar-refractivity contribution in [1.29, 1.82) is 0 Å². The van der Waals surface area contributed by atoms with Crippen LogP contribution in [0.3, 0.4) is 0 Å². The van der Waals surface area contributed by atoms with Crippen molar-refractivity contribution in [2.24, 2.45) is 5.92 Å². The van der Waals surface area contributed by atoms with Gasteiger partial charge in [0.2, 0.25) is 5.91 Å². The third-order valence-electron chi connectivity index (χ3n) is 3.68. The average molecular weight is 255 g/mol. The maximum Gasteiger partial charge on any atom is 0.230 e. The number of nitrogens with zero attached hydrogens (tertiary/aromatic N) is 1. The first-order valence-corrected chi connectivity index (χ1v) is 7.03. The molecule has 0 bridgehead atoms. The van der Waals surface area contributed by atoms with E-state index in [1.54, 1.807) is 0 Å². The minimum absolute atomic E-state index is 0.0618. The number of carbonyl (C=O) groups excluding carboxylic acids is 1. The minimum Gasteiger partial charge on any atom is -0.331 e. The number of carbonyl (C=O) groups is 1. The molecular weight excluding hydrogens is 234 g/mol. The highest BCUT2D eigenvalue weighted by Crippen LogP contribution is 2.31. The van der Waals surface area contributed by atoms with Gasteiger partial charge in [0.25, 0.3) is 0 Å². The molecule has 2 heteroatoms. The number of terminal acetylenes is 1. The highest BCUT2D eigenvalue weighted by Gasteiger charge is 2.29. The van der Waals surface area contributed by atoms with Crippen molar-refractivity contribution in [1.82, 2.24) is 4.90 Å². The molecule has 0 heterocycles. The van der Waals surface area contributed by atoms with Crippen LogP contribution in [0.5, 0.6) is 0 Å². The van der Waals surface area contributed by atoms with Gasteiger partial charge in [0.1, 0.15) is 0 Å². The van der Waals surface area contributed by atoms with Crippen LogP contribution in [0, 0.1) is 18.3 Å². The summed E-state index contributed by atoms with van der Waals surface area (Å²) in [5.74, 6) is 3.41. The lowest BCUT2D eigenvalue weighted by molar-refractivity contribution is -0.132. The van der Waals surface area contributed by atoms with Crippen LogP contribution in [-0.2, 0) is 4.79 Å². The van der Waals surface area contributed by atoms with Crippen LogP contribution in [-0.4, -0.2) is 23.9 Å². The van der Waals surface area contributed by atoms with Gasteiger partial charge in [-0.25, -0.2) is 0 Å². The molecule has 2 rings (SSSR count). The van der Waals surface area contributed by atoms with Gasteiger partial charge in [-0.2, -0.15) is 0 Å². The third kappa shape index (κ3) is 3.61. The third-order valence-corrected chi connectivity index (χ3v) is 3.68. The standard InChI is InChI=1S/C17H21NO/c1-3-12-18(13-14-10-11-14)17(19)16(4-2)15-8-6-5-7-9-15/h1,5-9,14,16H,4,10-13H2,2H3. The molecular formula is C17H21NO. The maximum absolute atomic E-state index is 12.7. The van der Waals surface area contributed by atoms with Crippen LogP contribution >= 0.6 is 0 Å². The quantitative estimate of drug-likeness (QED) is 0.715. The minimum atomic E-state index is -0.0618. The Hall–Kier alpha value is -1.75. The number of benzene rings is 1. The van der Waals surface area contributed by atoms with Crippen molar-refractivity contribution in [3.8, 4) is 12.3 Å². The van der Waals surface area contributed by atoms with E-state index in [4.69, 9.17) is 6.42 Å². The predicted octanol–water partition coefficient (Wildman–Crippen LogP) is 3.05. The van der Waals surface area contributed by atoms with Crippen molar-refractivity contribution in [3.05, 3.63) is 35.9 Å². The number of hydrogen-bond acceptors (Lipinski definition) is 1. The van der Waals surface area contributed by atoms with E-state index in [9.17, 15) is 4.79 Å². The molecule has 1 fully saturated rings. The summed E-state index contributed by atoms with van der Waals surface area (Å²) < 4.78 is 0. The van der Waals surface area contributed by atoms with Crippen molar-refractivity contribution in [2.75, 3.05) is 13.1 Å². The van der Waals surface area contributed by atoms with Gasteiger partial charge in [0.15, 0.2) is 0 Å². The molecule has 2 nitrogen and oxygen atoms in total. The molecule has 0 N–H and O–H groups in total. The van der Waals surface area contributed by atoms with Crippen molar-refractivity contribution < 1.29 is 4.79 Å². The van der Waals surface area contributed by atoms with E-state index in [2.05, 4.69) is 12.8 Å². The van der Waals surface area contributed by atoms with Crippen LogP contribution < -0.4 is 0 Å². The molecule has 0 saturated heterocycles. The molecule has 0 aromatic heterocycles. The fourth-order valence-electron chi connectivity index (χ4n) is 2.41. The summed E-state index contributed by atoms with van der Waals surface area (Å²) in [7, 11) is 0. The van der Waals surface area contributed by atoms with Gasteiger partial charge in [-0.15, -0.1) is 6.42 Å². The lowest BCUT2D eigenvalue weighted by atomic mass is 9.95. The number of amides is 1. The second-order valence-electron chi connectivity index (χ2n) is 5.24. The van der Waals surface area contributed by atoms with Gasteiger partial charge in [-0.3, -0.25) is 4.79 Å². The Bertz CT molecular complexity index is 456. The van der Waals surface area contributed by atoms with E-state index >= 15 is 0 Å². The monoisotopic (exact) mass is 255 g/mol. The summed E-state index contributed by atoms with van der Waals surface area (Å²) in [6.45, 7) is 3.31. The van der Waals surface area contributed by atoms with Crippen molar-refractivity contribution >= 4 is 5.91 Å². The first-order valence-electron chi connectivity index (χ1n) is 7.03. The Morgan fingerprint density at radius 3 is 2.63 bits per heavy atom. The summed E-state index contributed by atoms with van der Waals surface area (Å²) in [5, 5.41) is 0. The Balaban J connectivity index is 2.11. The molecule has 100 valence electrons. The SMILES string of the molecule is C#CCN(CC1CC1)C(=O)C(CC)c1ccccc1. The van der Waals surface area contributed by atoms with E-state index in [0.29, 0.717) is 12.5 Å². The molecule has 1 aliphatic rings. The lowest BCUT2D eigenvalue weighted by Gasteiger charge is -2.25. The predicted molar refractivity (Wildman–Crippen MR) is 77.6 cm³/mol. The van der Waals surface area contributed by atoms with Crippen LogP contribution in [0.4, 0.5) is 0 Å². The zero-order valence-electron chi connectivity index (χ0n) is 11.5. The molecule has 1 atom stereocenters. The molecule has 1 amide bonds. The van der Waals surface area contributed by atoms with Crippen LogP contribution in [0.25, 0.3) is 0 Å². The van der Waals surface area contributed by atoms with E-state index in [1.807, 2.05) is 35.2 Å². The Morgan fingerprint density at radius 2 is 2.11 bits per heavy atom. The van der Waals surface area contributed by atoms with Gasteiger partial charge < -0.3 is 4.90 Å². The molecule has 1 aliphatic carbocycles. The Morgan fingerprint density at radius 1 is 1.42 bits per heavy atom. The summed E-state index contributed by atoms with van der Waals surface area (Å²) in [6, 6.07) is 9.99. The smallest absolute Gasteiger partial charge is 0.230 e. The largest absolute Gasteiger partial charge is 0.331 e. The highest BCUT2D eigenvalue weighted by molar-refractivity contribution is 5.84. The van der Waals surface area contributed by atoms with Crippen molar-refractivity contribution in [2.45, 2.75) is 32.1 Å². The van der Waals surface area contributed by atoms with Crippen LogP contribution in [0.1, 0.15) is 37.7 Å². The summed E-state index contributed by atoms with van der Waals surface area (Å²) in [5.41, 5.74) is 1.09. The maximum atomic E-state index is 12.7. The number of rotatable bonds is 6. The molecule has 0 spiro atoms. The molecule has 1 aromatic carbocycles. The topological polar surface area (TPSA) is 20.3 Å². The van der Waals surface area contributed by atoms with Gasteiger partial charge in [0.05, 0.1) is 12.5 Å². The molecule has 0 aliphatic heterocycles. The van der Waals surface area contributed by atoms with Crippen molar-refractivity contribution in [3.63, 3.8) is 0 Å². The van der Waals surface area contributed by atoms with Gasteiger partial charge in [-0.05, 0) is 30.7 Å². The van der Waals surface area contributed by atoms with E-state index in [1.165, 1.54) is 12.8 Å². The zero-order chi connectivity index (χ0) is 13.7. The summed E-state index contributed by atoms with van der Waals surface area (Å²) >= 11 is 0. The first kappa shape index (κ1) is 13.7. The average Bonchev–Trinajstić information content (AvgIpc) is 3.24. The molecule has 0 radical (unpaired) electrons. The first-order chi connectivity index (χ1) is 9.26. The van der Waals surface area contributed by atoms with Gasteiger partial charge in [0, 0.05) is 6.54 Å². The summed E-state index contributed by atoms with van der Waals surface area (Å²) in [4.78, 5) is 14.5. The van der Waals surface area contributed by atoms with Crippen LogP contribution in [0.2, 0.25) is 0 Å². The van der Waals surface area contributed by atoms with E-state index < -0.39 is 0 Å². The molecule has 1 aromatic rings. The zero-order valence-corrected chi connectivity index (χ0v) is 11.5. The fraction of sp³-hybridized carbons (Fsp3) is 0.471. The summed E-state index contributed by atoms with van der Waals surface area (Å²) in [6.07, 6.45) is 8.68. The molecule has 1 unspecified atom stereocenters. The van der Waals surface area contributed by atoms with E-state index in [-0.39, 0.29) is 11.8 Å². The number of hydrogen-bond donors (Lipinski definition) is 0. The Kier molecular flexibility index (Phi) is 4.63. The van der Waals surface area contributed by atoms with Gasteiger partial charge in [-0.1, -0.05) is 43.2 Å². The fourth-order valence-corrected chi connectivity index (χ4v) is 2.41. The molecule has 1 saturated carbocycles. The van der Waals surface area contributed by atoms with Crippen LogP contribution in [0.15, 0.2) is 30.3 Å². The normalized spacial score (nSPS) is 15.6. The Labute approximate surface area is 115 Å². The molecule has 19 heavy (non-hydrogen) atoms.